The fourth-order valence-corrected chi connectivity index (χ4v) is 2.88. The molecule has 24 heavy (non-hydrogen) atoms. The van der Waals surface area contributed by atoms with E-state index in [0.29, 0.717) is 26.2 Å². The van der Waals surface area contributed by atoms with Crippen molar-refractivity contribution < 1.29 is 19.1 Å². The molecule has 8 heteroatoms. The topological polar surface area (TPSA) is 97.1 Å². The van der Waals surface area contributed by atoms with Crippen molar-refractivity contribution in [1.82, 2.24) is 15.2 Å². The van der Waals surface area contributed by atoms with E-state index >= 15 is 0 Å². The van der Waals surface area contributed by atoms with E-state index < -0.39 is 11.8 Å². The molecule has 3 N–H and O–H groups in total. The van der Waals surface area contributed by atoms with Crippen LogP contribution in [-0.2, 0) is 9.59 Å². The number of hydrazine groups is 1. The van der Waals surface area contributed by atoms with Gasteiger partial charge in [-0.2, -0.15) is 0 Å². The van der Waals surface area contributed by atoms with Crippen LogP contribution < -0.4 is 20.7 Å². The molecule has 1 aliphatic heterocycles. The Hall–Kier alpha value is -2.32. The van der Waals surface area contributed by atoms with Crippen LogP contribution in [0.2, 0.25) is 0 Å². The lowest BCUT2D eigenvalue weighted by Gasteiger charge is -2.38. The van der Waals surface area contributed by atoms with Crippen LogP contribution in [0, 0.1) is 0 Å². The van der Waals surface area contributed by atoms with Gasteiger partial charge in [0, 0.05) is 43.9 Å². The summed E-state index contributed by atoms with van der Waals surface area (Å²) in [5.74, 6) is 5.14. The summed E-state index contributed by atoms with van der Waals surface area (Å²) in [5, 5.41) is 0. The van der Waals surface area contributed by atoms with E-state index in [0.717, 1.165) is 17.1 Å². The molecule has 0 aliphatic carbocycles. The number of carbonyl (C=O) groups is 2. The lowest BCUT2D eigenvalue weighted by molar-refractivity contribution is -0.147. The van der Waals surface area contributed by atoms with Crippen LogP contribution in [0.5, 0.6) is 11.5 Å². The predicted octanol–water partition coefficient (Wildman–Crippen LogP) is -0.101. The van der Waals surface area contributed by atoms with Gasteiger partial charge in [-0.15, -0.1) is 0 Å². The summed E-state index contributed by atoms with van der Waals surface area (Å²) in [4.78, 5) is 26.9. The molecule has 0 bridgehead atoms. The maximum Gasteiger partial charge on any atom is 0.323 e. The minimum Gasteiger partial charge on any atom is -0.497 e. The number of benzene rings is 1. The molecule has 132 valence electrons. The van der Waals surface area contributed by atoms with E-state index in [9.17, 15) is 9.59 Å². The molecular formula is C16H24N4O4. The highest BCUT2D eigenvalue weighted by Crippen LogP contribution is 2.32. The molecule has 1 aromatic carbocycles. The zero-order valence-electron chi connectivity index (χ0n) is 14.2. The first-order chi connectivity index (χ1) is 11.5. The summed E-state index contributed by atoms with van der Waals surface area (Å²) in [6.45, 7) is 4.39. The predicted molar refractivity (Wildman–Crippen MR) is 88.4 cm³/mol. The van der Waals surface area contributed by atoms with Crippen LogP contribution in [0.15, 0.2) is 18.2 Å². The van der Waals surface area contributed by atoms with Crippen molar-refractivity contribution in [2.75, 3.05) is 40.4 Å². The van der Waals surface area contributed by atoms with E-state index in [-0.39, 0.29) is 6.04 Å². The second-order valence-electron chi connectivity index (χ2n) is 5.59. The fraction of sp³-hybridized carbons (Fsp3) is 0.500. The van der Waals surface area contributed by atoms with Crippen molar-refractivity contribution in [3.8, 4) is 11.5 Å². The first-order valence-electron chi connectivity index (χ1n) is 7.77. The molecule has 8 nitrogen and oxygen atoms in total. The van der Waals surface area contributed by atoms with Crippen molar-refractivity contribution in [2.45, 2.75) is 13.0 Å². The van der Waals surface area contributed by atoms with Gasteiger partial charge in [0.25, 0.3) is 0 Å². The van der Waals surface area contributed by atoms with Crippen LogP contribution in [0.1, 0.15) is 18.5 Å². The maximum atomic E-state index is 11.8. The minimum atomic E-state index is -0.784. The third-order valence-electron chi connectivity index (χ3n) is 4.37. The second kappa shape index (κ2) is 7.98. The molecule has 1 heterocycles. The maximum absolute atomic E-state index is 11.8. The molecule has 1 aromatic rings. The van der Waals surface area contributed by atoms with Crippen LogP contribution in [0.3, 0.4) is 0 Å². The molecule has 1 unspecified atom stereocenters. The lowest BCUT2D eigenvalue weighted by Crippen LogP contribution is -2.53. The summed E-state index contributed by atoms with van der Waals surface area (Å²) in [6, 6.07) is 5.87. The summed E-state index contributed by atoms with van der Waals surface area (Å²) in [6.07, 6.45) is 0. The van der Waals surface area contributed by atoms with Gasteiger partial charge < -0.3 is 14.4 Å². The van der Waals surface area contributed by atoms with Crippen molar-refractivity contribution in [3.05, 3.63) is 23.8 Å². The Morgan fingerprint density at radius 1 is 1.17 bits per heavy atom. The van der Waals surface area contributed by atoms with Gasteiger partial charge >= 0.3 is 11.8 Å². The number of ether oxygens (including phenoxy) is 2. The second-order valence-corrected chi connectivity index (χ2v) is 5.59. The molecular weight excluding hydrogens is 312 g/mol. The lowest BCUT2D eigenvalue weighted by atomic mass is 10.0. The number of methoxy groups -OCH3 is 2. The van der Waals surface area contributed by atoms with Crippen LogP contribution in [0.25, 0.3) is 0 Å². The first-order valence-corrected chi connectivity index (χ1v) is 7.77. The third kappa shape index (κ3) is 3.77. The average Bonchev–Trinajstić information content (AvgIpc) is 2.65. The molecule has 1 atom stereocenters. The van der Waals surface area contributed by atoms with Gasteiger partial charge in [-0.25, -0.2) is 5.84 Å². The average molecular weight is 336 g/mol. The molecule has 1 aliphatic rings. The zero-order valence-corrected chi connectivity index (χ0v) is 14.2. The van der Waals surface area contributed by atoms with Gasteiger partial charge in [-0.1, -0.05) is 6.07 Å². The quantitative estimate of drug-likeness (QED) is 0.345. The number of carbonyl (C=O) groups excluding carboxylic acids is 2. The molecule has 1 fully saturated rings. The van der Waals surface area contributed by atoms with E-state index in [4.69, 9.17) is 15.3 Å². The minimum absolute atomic E-state index is 0.117. The monoisotopic (exact) mass is 336 g/mol. The number of nitrogens with zero attached hydrogens (tertiary/aromatic N) is 2. The molecule has 0 spiro atoms. The Bertz CT molecular complexity index is 600. The fourth-order valence-electron chi connectivity index (χ4n) is 2.88. The van der Waals surface area contributed by atoms with Crippen LogP contribution in [-0.4, -0.2) is 62.0 Å². The number of nitrogens with one attached hydrogen (secondary N) is 1. The zero-order chi connectivity index (χ0) is 17.7. The number of nitrogens with two attached hydrogens (primary N) is 1. The molecule has 2 amide bonds. The number of piperazine rings is 1. The van der Waals surface area contributed by atoms with Gasteiger partial charge in [0.15, 0.2) is 0 Å². The summed E-state index contributed by atoms with van der Waals surface area (Å²) >= 11 is 0. The summed E-state index contributed by atoms with van der Waals surface area (Å²) in [7, 11) is 3.25. The van der Waals surface area contributed by atoms with Crippen LogP contribution in [0.4, 0.5) is 0 Å². The van der Waals surface area contributed by atoms with Crippen molar-refractivity contribution in [1.29, 1.82) is 0 Å². The number of hydrogen-bond acceptors (Lipinski definition) is 6. The molecule has 0 saturated carbocycles. The van der Waals surface area contributed by atoms with E-state index in [2.05, 4.69) is 11.8 Å². The SMILES string of the molecule is COc1ccc(C(C)N2CCN(C(=O)C(=O)NN)CC2)c(OC)c1. The Morgan fingerprint density at radius 3 is 2.38 bits per heavy atom. The van der Waals surface area contributed by atoms with Crippen molar-refractivity contribution >= 4 is 11.8 Å². The van der Waals surface area contributed by atoms with Gasteiger partial charge in [0.2, 0.25) is 0 Å². The van der Waals surface area contributed by atoms with E-state index in [1.165, 1.54) is 4.90 Å². The van der Waals surface area contributed by atoms with Gasteiger partial charge in [-0.3, -0.25) is 19.9 Å². The van der Waals surface area contributed by atoms with Crippen LogP contribution >= 0.6 is 0 Å². The largest absolute Gasteiger partial charge is 0.497 e. The number of rotatable bonds is 4. The number of hydrogen-bond donors (Lipinski definition) is 2. The summed E-state index contributed by atoms with van der Waals surface area (Å²) in [5.41, 5.74) is 2.93. The summed E-state index contributed by atoms with van der Waals surface area (Å²) < 4.78 is 10.7. The van der Waals surface area contributed by atoms with Gasteiger partial charge in [0.05, 0.1) is 14.2 Å². The highest BCUT2D eigenvalue weighted by Gasteiger charge is 2.28. The third-order valence-corrected chi connectivity index (χ3v) is 4.37. The molecule has 1 saturated heterocycles. The number of amides is 2. The van der Waals surface area contributed by atoms with Crippen molar-refractivity contribution in [2.24, 2.45) is 5.84 Å². The van der Waals surface area contributed by atoms with Gasteiger partial charge in [0.1, 0.15) is 11.5 Å². The Labute approximate surface area is 141 Å². The highest BCUT2D eigenvalue weighted by molar-refractivity contribution is 6.34. The van der Waals surface area contributed by atoms with E-state index in [1.54, 1.807) is 14.2 Å². The first kappa shape index (κ1) is 18.0. The molecule has 0 aromatic heterocycles. The normalized spacial score (nSPS) is 16.4. The standard InChI is InChI=1S/C16H24N4O4/c1-11(13-5-4-12(23-2)10-14(13)24-3)19-6-8-20(9-7-19)16(22)15(21)18-17/h4-5,10-11H,6-9,17H2,1-3H3,(H,18,21). The van der Waals surface area contributed by atoms with E-state index in [1.807, 2.05) is 23.6 Å². The van der Waals surface area contributed by atoms with Crippen molar-refractivity contribution in [3.63, 3.8) is 0 Å². The smallest absolute Gasteiger partial charge is 0.323 e. The Balaban J connectivity index is 2.04. The molecule has 0 radical (unpaired) electrons. The highest BCUT2D eigenvalue weighted by atomic mass is 16.5. The van der Waals surface area contributed by atoms with Gasteiger partial charge in [-0.05, 0) is 13.0 Å². The molecule has 2 rings (SSSR count). The Morgan fingerprint density at radius 2 is 1.83 bits per heavy atom. The Kier molecular flexibility index (Phi) is 5.99.